The lowest BCUT2D eigenvalue weighted by Crippen LogP contribution is -2.31. The second-order valence-corrected chi connectivity index (χ2v) is 4.65. The van der Waals surface area contributed by atoms with E-state index >= 15 is 0 Å². The van der Waals surface area contributed by atoms with Gasteiger partial charge in [0.2, 0.25) is 0 Å². The van der Waals surface area contributed by atoms with Crippen LogP contribution in [0.1, 0.15) is 43.4 Å². The molecule has 2 nitrogen and oxygen atoms in total. The van der Waals surface area contributed by atoms with Crippen molar-refractivity contribution in [3.05, 3.63) is 29.3 Å². The predicted molar refractivity (Wildman–Crippen MR) is 66.9 cm³/mol. The van der Waals surface area contributed by atoms with E-state index in [4.69, 9.17) is 4.74 Å². The molecule has 1 N–H and O–H groups in total. The molecule has 1 aliphatic heterocycles. The second-order valence-electron chi connectivity index (χ2n) is 4.65. The molecule has 2 atom stereocenters. The quantitative estimate of drug-likeness (QED) is 0.843. The molecule has 0 aromatic heterocycles. The lowest BCUT2D eigenvalue weighted by atomic mass is 9.93. The van der Waals surface area contributed by atoms with Crippen molar-refractivity contribution in [1.29, 1.82) is 0 Å². The van der Waals surface area contributed by atoms with Crippen LogP contribution in [0.15, 0.2) is 18.2 Å². The van der Waals surface area contributed by atoms with Gasteiger partial charge in [0.1, 0.15) is 11.9 Å². The highest BCUT2D eigenvalue weighted by Gasteiger charge is 2.26. The van der Waals surface area contributed by atoms with Crippen molar-refractivity contribution in [3.8, 4) is 5.75 Å². The lowest BCUT2D eigenvalue weighted by molar-refractivity contribution is 0.142. The molecule has 1 heterocycles. The minimum absolute atomic E-state index is 0.373. The Balaban J connectivity index is 2.27. The smallest absolute Gasteiger partial charge is 0.124 e. The first-order chi connectivity index (χ1) is 7.74. The Labute approximate surface area is 98.0 Å². The molecule has 0 fully saturated rings. The van der Waals surface area contributed by atoms with Gasteiger partial charge in [-0.2, -0.15) is 0 Å². The minimum Gasteiger partial charge on any atom is -0.490 e. The van der Waals surface area contributed by atoms with Gasteiger partial charge in [-0.1, -0.05) is 31.0 Å². The van der Waals surface area contributed by atoms with Gasteiger partial charge in [0.25, 0.3) is 0 Å². The van der Waals surface area contributed by atoms with Gasteiger partial charge in [0.15, 0.2) is 0 Å². The number of rotatable bonds is 3. The standard InChI is InChI=1S/C14H21NO/c1-4-5-11-9-13(15-3)12-8-10(2)6-7-14(12)16-11/h6-8,11,13,15H,4-5,9H2,1-3H3. The number of ether oxygens (including phenoxy) is 1. The highest BCUT2D eigenvalue weighted by molar-refractivity contribution is 5.40. The maximum Gasteiger partial charge on any atom is 0.124 e. The first-order valence-corrected chi connectivity index (χ1v) is 6.19. The summed E-state index contributed by atoms with van der Waals surface area (Å²) in [5, 5.41) is 3.40. The van der Waals surface area contributed by atoms with E-state index in [1.54, 1.807) is 0 Å². The van der Waals surface area contributed by atoms with Crippen molar-refractivity contribution in [2.75, 3.05) is 7.05 Å². The Hall–Kier alpha value is -1.02. The van der Waals surface area contributed by atoms with E-state index in [2.05, 4.69) is 37.4 Å². The van der Waals surface area contributed by atoms with E-state index in [0.717, 1.165) is 18.6 Å². The van der Waals surface area contributed by atoms with Crippen LogP contribution in [-0.4, -0.2) is 13.2 Å². The molecule has 2 heteroatoms. The number of aryl methyl sites for hydroxylation is 1. The fourth-order valence-electron chi connectivity index (χ4n) is 2.44. The molecule has 1 aromatic rings. The lowest BCUT2D eigenvalue weighted by Gasteiger charge is -2.32. The Morgan fingerprint density at radius 3 is 2.94 bits per heavy atom. The van der Waals surface area contributed by atoms with Crippen LogP contribution in [0.5, 0.6) is 5.75 Å². The molecule has 0 amide bonds. The molecule has 0 spiro atoms. The maximum absolute atomic E-state index is 6.02. The molecule has 0 aliphatic carbocycles. The first-order valence-electron chi connectivity index (χ1n) is 6.19. The number of fused-ring (bicyclic) bond motifs is 1. The normalized spacial score (nSPS) is 23.7. The van der Waals surface area contributed by atoms with Crippen LogP contribution in [0, 0.1) is 6.92 Å². The number of benzene rings is 1. The monoisotopic (exact) mass is 219 g/mol. The van der Waals surface area contributed by atoms with E-state index in [0.29, 0.717) is 12.1 Å². The zero-order chi connectivity index (χ0) is 11.5. The SMILES string of the molecule is CCCC1CC(NC)c2cc(C)ccc2O1. The topological polar surface area (TPSA) is 21.3 Å². The summed E-state index contributed by atoms with van der Waals surface area (Å²) < 4.78 is 6.02. The Kier molecular flexibility index (Phi) is 3.49. The van der Waals surface area contributed by atoms with Crippen LogP contribution in [0.3, 0.4) is 0 Å². The van der Waals surface area contributed by atoms with E-state index in [-0.39, 0.29) is 0 Å². The Morgan fingerprint density at radius 1 is 1.44 bits per heavy atom. The molecule has 0 saturated carbocycles. The predicted octanol–water partition coefficient (Wildman–Crippen LogP) is 3.21. The van der Waals surface area contributed by atoms with E-state index in [1.165, 1.54) is 17.5 Å². The summed E-state index contributed by atoms with van der Waals surface area (Å²) in [5.41, 5.74) is 2.62. The van der Waals surface area contributed by atoms with Crippen LogP contribution >= 0.6 is 0 Å². The molecule has 88 valence electrons. The van der Waals surface area contributed by atoms with Crippen LogP contribution in [0.25, 0.3) is 0 Å². The van der Waals surface area contributed by atoms with Crippen molar-refractivity contribution >= 4 is 0 Å². The van der Waals surface area contributed by atoms with Crippen molar-refractivity contribution in [2.24, 2.45) is 0 Å². The summed E-state index contributed by atoms with van der Waals surface area (Å²) in [6.07, 6.45) is 3.78. The van der Waals surface area contributed by atoms with Crippen LogP contribution in [0.4, 0.5) is 0 Å². The Morgan fingerprint density at radius 2 is 2.25 bits per heavy atom. The van der Waals surface area contributed by atoms with Gasteiger partial charge in [-0.05, 0) is 26.5 Å². The fourth-order valence-corrected chi connectivity index (χ4v) is 2.44. The zero-order valence-corrected chi connectivity index (χ0v) is 10.4. The van der Waals surface area contributed by atoms with Crippen molar-refractivity contribution < 1.29 is 4.74 Å². The number of nitrogens with one attached hydrogen (secondary N) is 1. The average Bonchev–Trinajstić information content (AvgIpc) is 2.29. The van der Waals surface area contributed by atoms with Crippen LogP contribution < -0.4 is 10.1 Å². The van der Waals surface area contributed by atoms with Gasteiger partial charge >= 0.3 is 0 Å². The molecule has 0 radical (unpaired) electrons. The van der Waals surface area contributed by atoms with Gasteiger partial charge in [-0.3, -0.25) is 0 Å². The largest absolute Gasteiger partial charge is 0.490 e. The average molecular weight is 219 g/mol. The summed E-state index contributed by atoms with van der Waals surface area (Å²) in [6, 6.07) is 6.91. The van der Waals surface area contributed by atoms with Crippen molar-refractivity contribution in [2.45, 2.75) is 45.3 Å². The molecule has 2 unspecified atom stereocenters. The summed E-state index contributed by atoms with van der Waals surface area (Å²) in [5.74, 6) is 1.06. The minimum atomic E-state index is 0.373. The van der Waals surface area contributed by atoms with Crippen molar-refractivity contribution in [1.82, 2.24) is 5.32 Å². The molecule has 1 aromatic carbocycles. The molecule has 16 heavy (non-hydrogen) atoms. The Bertz CT molecular complexity index is 362. The molecule has 2 rings (SSSR count). The van der Waals surface area contributed by atoms with Gasteiger partial charge < -0.3 is 10.1 Å². The zero-order valence-electron chi connectivity index (χ0n) is 10.4. The molecule has 0 saturated heterocycles. The second kappa shape index (κ2) is 4.88. The van der Waals surface area contributed by atoms with Gasteiger partial charge in [-0.25, -0.2) is 0 Å². The first kappa shape index (κ1) is 11.5. The molecular weight excluding hydrogens is 198 g/mol. The summed E-state index contributed by atoms with van der Waals surface area (Å²) in [4.78, 5) is 0. The third kappa shape index (κ3) is 2.22. The van der Waals surface area contributed by atoms with E-state index < -0.39 is 0 Å². The van der Waals surface area contributed by atoms with E-state index in [9.17, 15) is 0 Å². The molecule has 0 bridgehead atoms. The van der Waals surface area contributed by atoms with Gasteiger partial charge in [0.05, 0.1) is 0 Å². The van der Waals surface area contributed by atoms with E-state index in [1.807, 2.05) is 7.05 Å². The highest BCUT2D eigenvalue weighted by Crippen LogP contribution is 2.36. The van der Waals surface area contributed by atoms with Crippen LogP contribution in [-0.2, 0) is 0 Å². The van der Waals surface area contributed by atoms with Gasteiger partial charge in [0, 0.05) is 18.0 Å². The molecular formula is C14H21NO. The fraction of sp³-hybridized carbons (Fsp3) is 0.571. The third-order valence-electron chi connectivity index (χ3n) is 3.29. The van der Waals surface area contributed by atoms with Crippen molar-refractivity contribution in [3.63, 3.8) is 0 Å². The number of hydrogen-bond donors (Lipinski definition) is 1. The highest BCUT2D eigenvalue weighted by atomic mass is 16.5. The summed E-state index contributed by atoms with van der Waals surface area (Å²) >= 11 is 0. The number of hydrogen-bond acceptors (Lipinski definition) is 2. The summed E-state index contributed by atoms with van der Waals surface area (Å²) in [6.45, 7) is 4.34. The van der Waals surface area contributed by atoms with Crippen LogP contribution in [0.2, 0.25) is 0 Å². The maximum atomic E-state index is 6.02. The molecule has 1 aliphatic rings. The third-order valence-corrected chi connectivity index (χ3v) is 3.29. The summed E-state index contributed by atoms with van der Waals surface area (Å²) in [7, 11) is 2.03. The van der Waals surface area contributed by atoms with Gasteiger partial charge in [-0.15, -0.1) is 0 Å².